The number of nitriles is 1. The molecule has 0 heterocycles. The monoisotopic (exact) mass is 224 g/mol. The largest absolute Gasteiger partial charge is 0.506 e. The predicted octanol–water partition coefficient (Wildman–Crippen LogP) is 2.07. The maximum atomic E-state index is 10.9. The quantitative estimate of drug-likeness (QED) is 0.756. The predicted molar refractivity (Wildman–Crippen MR) is 56.7 cm³/mol. The summed E-state index contributed by atoms with van der Waals surface area (Å²) in [5.41, 5.74) is 0.630. The van der Waals surface area contributed by atoms with Crippen molar-refractivity contribution in [3.8, 4) is 11.8 Å². The summed E-state index contributed by atoms with van der Waals surface area (Å²) in [6.45, 7) is 1.32. The van der Waals surface area contributed by atoms with Gasteiger partial charge in [-0.25, -0.2) is 0 Å². The minimum atomic E-state index is -0.327. The lowest BCUT2D eigenvalue weighted by atomic mass is 10.1. The Bertz CT molecular complexity index is 438. The van der Waals surface area contributed by atoms with Crippen LogP contribution in [0.15, 0.2) is 12.1 Å². The van der Waals surface area contributed by atoms with Crippen molar-refractivity contribution in [2.75, 3.05) is 5.32 Å². The summed E-state index contributed by atoms with van der Waals surface area (Å²) in [5.74, 6) is -0.424. The standard InChI is InChI=1S/C10H9ClN2O2/c1-6(14)13-10-7(4-5-12)8(11)2-3-9(10)15/h2-3,15H,4H2,1H3,(H,13,14). The van der Waals surface area contributed by atoms with Crippen molar-refractivity contribution in [2.24, 2.45) is 0 Å². The Labute approximate surface area is 92.1 Å². The van der Waals surface area contributed by atoms with Crippen LogP contribution in [0.4, 0.5) is 5.69 Å². The molecule has 4 nitrogen and oxygen atoms in total. The van der Waals surface area contributed by atoms with E-state index in [0.29, 0.717) is 10.6 Å². The number of hydrogen-bond acceptors (Lipinski definition) is 3. The smallest absolute Gasteiger partial charge is 0.221 e. The fourth-order valence-electron chi connectivity index (χ4n) is 1.18. The molecule has 0 atom stereocenters. The topological polar surface area (TPSA) is 73.1 Å². The Balaban J connectivity index is 3.25. The molecule has 0 aliphatic heterocycles. The van der Waals surface area contributed by atoms with E-state index >= 15 is 0 Å². The van der Waals surface area contributed by atoms with Crippen molar-refractivity contribution in [3.05, 3.63) is 22.7 Å². The third-order valence-electron chi connectivity index (χ3n) is 1.79. The molecule has 2 N–H and O–H groups in total. The van der Waals surface area contributed by atoms with Crippen molar-refractivity contribution in [3.63, 3.8) is 0 Å². The van der Waals surface area contributed by atoms with Crippen LogP contribution in [0, 0.1) is 11.3 Å². The molecule has 0 bridgehead atoms. The van der Waals surface area contributed by atoms with Crippen LogP contribution in [-0.2, 0) is 11.2 Å². The number of amides is 1. The molecule has 1 aromatic rings. The number of benzene rings is 1. The van der Waals surface area contributed by atoms with Gasteiger partial charge in [0.15, 0.2) is 0 Å². The van der Waals surface area contributed by atoms with Crippen molar-refractivity contribution >= 4 is 23.2 Å². The number of rotatable bonds is 2. The van der Waals surface area contributed by atoms with Crippen LogP contribution in [0.2, 0.25) is 5.02 Å². The molecule has 1 amide bonds. The molecule has 0 aromatic heterocycles. The van der Waals surface area contributed by atoms with Gasteiger partial charge in [0, 0.05) is 17.5 Å². The molecular weight excluding hydrogens is 216 g/mol. The molecule has 5 heteroatoms. The van der Waals surface area contributed by atoms with Gasteiger partial charge in [-0.05, 0) is 12.1 Å². The van der Waals surface area contributed by atoms with E-state index in [9.17, 15) is 9.90 Å². The van der Waals surface area contributed by atoms with Gasteiger partial charge in [0.25, 0.3) is 0 Å². The molecule has 78 valence electrons. The second-order valence-corrected chi connectivity index (χ2v) is 3.34. The van der Waals surface area contributed by atoms with Gasteiger partial charge in [0.2, 0.25) is 5.91 Å². The molecule has 0 spiro atoms. The van der Waals surface area contributed by atoms with E-state index in [0.717, 1.165) is 0 Å². The average Bonchev–Trinajstić information content (AvgIpc) is 2.17. The highest BCUT2D eigenvalue weighted by Gasteiger charge is 2.12. The van der Waals surface area contributed by atoms with Crippen molar-refractivity contribution < 1.29 is 9.90 Å². The zero-order chi connectivity index (χ0) is 11.4. The first-order valence-corrected chi connectivity index (χ1v) is 4.59. The number of phenols is 1. The van der Waals surface area contributed by atoms with E-state index in [1.807, 2.05) is 6.07 Å². The van der Waals surface area contributed by atoms with Gasteiger partial charge < -0.3 is 10.4 Å². The summed E-state index contributed by atoms with van der Waals surface area (Å²) in [4.78, 5) is 10.9. The van der Waals surface area contributed by atoms with Crippen LogP contribution in [0.1, 0.15) is 12.5 Å². The summed E-state index contributed by atoms with van der Waals surface area (Å²) in [5, 5.41) is 20.9. The average molecular weight is 225 g/mol. The maximum absolute atomic E-state index is 10.9. The van der Waals surface area contributed by atoms with Crippen LogP contribution in [0.5, 0.6) is 5.75 Å². The summed E-state index contributed by atoms with van der Waals surface area (Å²) < 4.78 is 0. The lowest BCUT2D eigenvalue weighted by Crippen LogP contribution is -2.08. The molecule has 1 rings (SSSR count). The maximum Gasteiger partial charge on any atom is 0.221 e. The van der Waals surface area contributed by atoms with E-state index in [-0.39, 0.29) is 23.8 Å². The summed E-state index contributed by atoms with van der Waals surface area (Å²) >= 11 is 5.85. The molecular formula is C10H9ClN2O2. The summed E-state index contributed by atoms with van der Waals surface area (Å²) in [7, 11) is 0. The Kier molecular flexibility index (Phi) is 3.53. The van der Waals surface area contributed by atoms with E-state index in [1.54, 1.807) is 0 Å². The normalized spacial score (nSPS) is 9.40. The van der Waals surface area contributed by atoms with E-state index in [2.05, 4.69) is 5.32 Å². The first-order valence-electron chi connectivity index (χ1n) is 4.21. The van der Waals surface area contributed by atoms with Crippen molar-refractivity contribution in [1.29, 1.82) is 5.26 Å². The van der Waals surface area contributed by atoms with Crippen LogP contribution in [0.3, 0.4) is 0 Å². The molecule has 15 heavy (non-hydrogen) atoms. The molecule has 0 aliphatic carbocycles. The number of aromatic hydroxyl groups is 1. The molecule has 0 unspecified atom stereocenters. The zero-order valence-electron chi connectivity index (χ0n) is 8.04. The van der Waals surface area contributed by atoms with Crippen LogP contribution in [0.25, 0.3) is 0 Å². The third-order valence-corrected chi connectivity index (χ3v) is 2.14. The lowest BCUT2D eigenvalue weighted by Gasteiger charge is -2.10. The minimum absolute atomic E-state index is 0.0306. The Morgan fingerprint density at radius 1 is 1.67 bits per heavy atom. The van der Waals surface area contributed by atoms with Gasteiger partial charge in [-0.3, -0.25) is 4.79 Å². The number of anilines is 1. The zero-order valence-corrected chi connectivity index (χ0v) is 8.80. The molecule has 0 saturated carbocycles. The minimum Gasteiger partial charge on any atom is -0.506 e. The molecule has 0 saturated heterocycles. The van der Waals surface area contributed by atoms with E-state index in [1.165, 1.54) is 19.1 Å². The van der Waals surface area contributed by atoms with Crippen LogP contribution < -0.4 is 5.32 Å². The SMILES string of the molecule is CC(=O)Nc1c(O)ccc(Cl)c1CC#N. The number of nitrogens with zero attached hydrogens (tertiary/aromatic N) is 1. The van der Waals surface area contributed by atoms with Gasteiger partial charge in [-0.15, -0.1) is 0 Å². The number of carbonyl (C=O) groups excluding carboxylic acids is 1. The number of hydrogen-bond donors (Lipinski definition) is 2. The fourth-order valence-corrected chi connectivity index (χ4v) is 1.40. The highest BCUT2D eigenvalue weighted by Crippen LogP contribution is 2.33. The molecule has 1 aromatic carbocycles. The Hall–Kier alpha value is -1.73. The number of carbonyl (C=O) groups is 1. The Morgan fingerprint density at radius 3 is 2.87 bits per heavy atom. The second kappa shape index (κ2) is 4.67. The van der Waals surface area contributed by atoms with Crippen LogP contribution in [-0.4, -0.2) is 11.0 Å². The van der Waals surface area contributed by atoms with Crippen LogP contribution >= 0.6 is 11.6 Å². The molecule has 0 radical (unpaired) electrons. The third kappa shape index (κ3) is 2.61. The highest BCUT2D eigenvalue weighted by molar-refractivity contribution is 6.32. The van der Waals surface area contributed by atoms with Gasteiger partial charge in [0.1, 0.15) is 5.75 Å². The van der Waals surface area contributed by atoms with Crippen molar-refractivity contribution in [1.82, 2.24) is 0 Å². The van der Waals surface area contributed by atoms with E-state index in [4.69, 9.17) is 16.9 Å². The second-order valence-electron chi connectivity index (χ2n) is 2.94. The first kappa shape index (κ1) is 11.3. The molecule has 0 aliphatic rings. The lowest BCUT2D eigenvalue weighted by molar-refractivity contribution is -0.114. The summed E-state index contributed by atoms with van der Waals surface area (Å²) in [6, 6.07) is 4.77. The van der Waals surface area contributed by atoms with Gasteiger partial charge >= 0.3 is 0 Å². The number of halogens is 1. The number of nitrogens with one attached hydrogen (secondary N) is 1. The fraction of sp³-hybridized carbons (Fsp3) is 0.200. The molecule has 0 fully saturated rings. The van der Waals surface area contributed by atoms with Crippen molar-refractivity contribution in [2.45, 2.75) is 13.3 Å². The first-order chi connectivity index (χ1) is 7.06. The highest BCUT2D eigenvalue weighted by atomic mass is 35.5. The van der Waals surface area contributed by atoms with Gasteiger partial charge in [0.05, 0.1) is 18.2 Å². The number of phenolic OH excluding ortho intramolecular Hbond substituents is 1. The Morgan fingerprint density at radius 2 is 2.33 bits per heavy atom. The van der Waals surface area contributed by atoms with Gasteiger partial charge in [-0.1, -0.05) is 11.6 Å². The van der Waals surface area contributed by atoms with E-state index < -0.39 is 0 Å². The van der Waals surface area contributed by atoms with Gasteiger partial charge in [-0.2, -0.15) is 5.26 Å². The summed E-state index contributed by atoms with van der Waals surface area (Å²) in [6.07, 6.45) is 0.0306.